The largest absolute Gasteiger partial charge is 0.364 e. The quantitative estimate of drug-likeness (QED) is 0.774. The lowest BCUT2D eigenvalue weighted by Crippen LogP contribution is -2.46. The molecule has 120 valence electrons. The van der Waals surface area contributed by atoms with Crippen molar-refractivity contribution in [1.82, 2.24) is 24.7 Å². The van der Waals surface area contributed by atoms with E-state index in [0.29, 0.717) is 12.1 Å². The number of thiazole rings is 1. The first-order valence-corrected chi connectivity index (χ1v) is 8.78. The highest BCUT2D eigenvalue weighted by molar-refractivity contribution is 7.17. The Morgan fingerprint density at radius 2 is 2.26 bits per heavy atom. The zero-order valence-electron chi connectivity index (χ0n) is 13.3. The average Bonchev–Trinajstić information content (AvgIpc) is 3.09. The number of nitrogens with one attached hydrogen (secondary N) is 2. The molecule has 0 saturated carbocycles. The highest BCUT2D eigenvalue weighted by atomic mass is 32.1. The van der Waals surface area contributed by atoms with Crippen LogP contribution in [0.4, 0.5) is 5.82 Å². The number of aromatic nitrogens is 4. The number of imidazole rings is 1. The second-order valence-electron chi connectivity index (χ2n) is 6.06. The summed E-state index contributed by atoms with van der Waals surface area (Å²) < 4.78 is 2.08. The molecule has 0 aromatic carbocycles. The fraction of sp³-hybridized carbons (Fsp3) is 0.438. The van der Waals surface area contributed by atoms with Crippen molar-refractivity contribution in [2.75, 3.05) is 11.9 Å². The standard InChI is InChI=1S/C16H20N6S/c1-10-9-22-14(7-19-16(22)23-10)13-6-17-8-15(21-13)20-12-4-3-5-18-11(12)2/h6-9,11-12,18H,3-5H2,1-2H3,(H,20,21)/t11-,12-/m1/s1. The molecule has 23 heavy (non-hydrogen) atoms. The van der Waals surface area contributed by atoms with Gasteiger partial charge >= 0.3 is 0 Å². The Morgan fingerprint density at radius 3 is 3.13 bits per heavy atom. The van der Waals surface area contributed by atoms with Crippen LogP contribution in [0.15, 0.2) is 24.8 Å². The van der Waals surface area contributed by atoms with Gasteiger partial charge in [0.2, 0.25) is 0 Å². The molecule has 0 aliphatic carbocycles. The number of hydrogen-bond acceptors (Lipinski definition) is 6. The van der Waals surface area contributed by atoms with Gasteiger partial charge in [-0.05, 0) is 33.2 Å². The van der Waals surface area contributed by atoms with Gasteiger partial charge in [0.25, 0.3) is 0 Å². The molecular formula is C16H20N6S. The molecule has 1 aliphatic rings. The fourth-order valence-electron chi connectivity index (χ4n) is 3.08. The van der Waals surface area contributed by atoms with Crippen molar-refractivity contribution in [2.24, 2.45) is 0 Å². The van der Waals surface area contributed by atoms with Crippen molar-refractivity contribution in [3.05, 3.63) is 29.7 Å². The van der Waals surface area contributed by atoms with Gasteiger partial charge in [-0.3, -0.25) is 9.38 Å². The van der Waals surface area contributed by atoms with Gasteiger partial charge < -0.3 is 10.6 Å². The number of aryl methyl sites for hydroxylation is 1. The van der Waals surface area contributed by atoms with Crippen LogP contribution in [0.1, 0.15) is 24.6 Å². The zero-order valence-corrected chi connectivity index (χ0v) is 14.1. The van der Waals surface area contributed by atoms with Crippen LogP contribution < -0.4 is 10.6 Å². The van der Waals surface area contributed by atoms with Crippen LogP contribution in [0, 0.1) is 6.92 Å². The molecule has 4 heterocycles. The summed E-state index contributed by atoms with van der Waals surface area (Å²) in [7, 11) is 0. The highest BCUT2D eigenvalue weighted by Gasteiger charge is 2.21. The van der Waals surface area contributed by atoms with Gasteiger partial charge in [-0.15, -0.1) is 11.3 Å². The van der Waals surface area contributed by atoms with E-state index >= 15 is 0 Å². The van der Waals surface area contributed by atoms with Crippen LogP contribution in [0.3, 0.4) is 0 Å². The predicted octanol–water partition coefficient (Wildman–Crippen LogP) is 2.71. The molecule has 1 aliphatic heterocycles. The maximum atomic E-state index is 4.75. The van der Waals surface area contributed by atoms with Crippen LogP contribution >= 0.6 is 11.3 Å². The molecule has 4 rings (SSSR count). The lowest BCUT2D eigenvalue weighted by molar-refractivity contribution is 0.388. The number of fused-ring (bicyclic) bond motifs is 1. The number of rotatable bonds is 3. The SMILES string of the molecule is Cc1cn2c(-c3cncc(N[C@@H]4CCCN[C@@H]4C)n3)cnc2s1. The summed E-state index contributed by atoms with van der Waals surface area (Å²) in [6.07, 6.45) is 9.89. The minimum atomic E-state index is 0.391. The summed E-state index contributed by atoms with van der Waals surface area (Å²) >= 11 is 1.68. The van der Waals surface area contributed by atoms with E-state index in [2.05, 4.69) is 45.0 Å². The van der Waals surface area contributed by atoms with Crippen LogP contribution in [0.2, 0.25) is 0 Å². The molecule has 0 radical (unpaired) electrons. The summed E-state index contributed by atoms with van der Waals surface area (Å²) in [5.41, 5.74) is 1.83. The van der Waals surface area contributed by atoms with Gasteiger partial charge in [0.05, 0.1) is 24.3 Å². The van der Waals surface area contributed by atoms with Crippen molar-refractivity contribution in [1.29, 1.82) is 0 Å². The summed E-state index contributed by atoms with van der Waals surface area (Å²) in [5, 5.41) is 7.02. The Balaban J connectivity index is 1.63. The topological polar surface area (TPSA) is 67.1 Å². The molecular weight excluding hydrogens is 308 g/mol. The number of piperidine rings is 1. The number of hydrogen-bond donors (Lipinski definition) is 2. The lowest BCUT2D eigenvalue weighted by Gasteiger charge is -2.30. The summed E-state index contributed by atoms with van der Waals surface area (Å²) in [5.74, 6) is 0.824. The van der Waals surface area contributed by atoms with Crippen molar-refractivity contribution in [3.8, 4) is 11.4 Å². The van der Waals surface area contributed by atoms with Crippen molar-refractivity contribution < 1.29 is 0 Å². The van der Waals surface area contributed by atoms with E-state index in [9.17, 15) is 0 Å². The van der Waals surface area contributed by atoms with Crippen LogP contribution in [0.25, 0.3) is 16.3 Å². The monoisotopic (exact) mass is 328 g/mol. The summed E-state index contributed by atoms with van der Waals surface area (Å²) in [6.45, 7) is 5.39. The summed E-state index contributed by atoms with van der Waals surface area (Å²) in [4.78, 5) is 15.8. The molecule has 2 atom stereocenters. The molecule has 7 heteroatoms. The molecule has 3 aromatic heterocycles. The van der Waals surface area contributed by atoms with Gasteiger partial charge in [0.15, 0.2) is 4.96 Å². The Hall–Kier alpha value is -1.99. The Bertz CT molecular complexity index is 823. The Morgan fingerprint density at radius 1 is 1.35 bits per heavy atom. The normalized spacial score (nSPS) is 21.7. The third-order valence-corrected chi connectivity index (χ3v) is 5.23. The van der Waals surface area contributed by atoms with Gasteiger partial charge in [-0.1, -0.05) is 0 Å². The van der Waals surface area contributed by atoms with Crippen molar-refractivity contribution in [2.45, 2.75) is 38.8 Å². The molecule has 2 N–H and O–H groups in total. The van der Waals surface area contributed by atoms with Gasteiger partial charge in [-0.2, -0.15) is 0 Å². The highest BCUT2D eigenvalue weighted by Crippen LogP contribution is 2.25. The molecule has 0 bridgehead atoms. The first kappa shape index (κ1) is 14.6. The van der Waals surface area contributed by atoms with Gasteiger partial charge in [0, 0.05) is 23.2 Å². The fourth-order valence-corrected chi connectivity index (χ4v) is 3.88. The minimum absolute atomic E-state index is 0.391. The zero-order chi connectivity index (χ0) is 15.8. The molecule has 1 saturated heterocycles. The number of anilines is 1. The van der Waals surface area contributed by atoms with Gasteiger partial charge in [-0.25, -0.2) is 9.97 Å². The van der Waals surface area contributed by atoms with Crippen LogP contribution in [-0.2, 0) is 0 Å². The third-order valence-electron chi connectivity index (χ3n) is 4.32. The Kier molecular flexibility index (Phi) is 3.74. The van der Waals surface area contributed by atoms with E-state index in [4.69, 9.17) is 4.98 Å². The molecule has 0 spiro atoms. The van der Waals surface area contributed by atoms with Gasteiger partial charge in [0.1, 0.15) is 11.5 Å². The van der Waals surface area contributed by atoms with Crippen LogP contribution in [0.5, 0.6) is 0 Å². The van der Waals surface area contributed by atoms with Crippen molar-refractivity contribution >= 4 is 22.1 Å². The third kappa shape index (κ3) is 2.82. The minimum Gasteiger partial charge on any atom is -0.364 e. The first-order valence-electron chi connectivity index (χ1n) is 7.96. The van der Waals surface area contributed by atoms with E-state index in [1.807, 2.05) is 6.20 Å². The number of nitrogens with zero attached hydrogens (tertiary/aromatic N) is 4. The molecule has 0 amide bonds. The summed E-state index contributed by atoms with van der Waals surface area (Å²) in [6, 6.07) is 0.831. The second kappa shape index (κ2) is 5.90. The maximum Gasteiger partial charge on any atom is 0.194 e. The average molecular weight is 328 g/mol. The van der Waals surface area contributed by atoms with Crippen LogP contribution in [-0.4, -0.2) is 38.0 Å². The maximum absolute atomic E-state index is 4.75. The molecule has 0 unspecified atom stereocenters. The molecule has 6 nitrogen and oxygen atoms in total. The smallest absolute Gasteiger partial charge is 0.194 e. The van der Waals surface area contributed by atoms with E-state index < -0.39 is 0 Å². The Labute approximate surface area is 139 Å². The van der Waals surface area contributed by atoms with E-state index in [1.165, 1.54) is 11.3 Å². The van der Waals surface area contributed by atoms with E-state index in [-0.39, 0.29) is 0 Å². The first-order chi connectivity index (χ1) is 11.2. The lowest BCUT2D eigenvalue weighted by atomic mass is 10.00. The molecule has 1 fully saturated rings. The second-order valence-corrected chi connectivity index (χ2v) is 7.28. The van der Waals surface area contributed by atoms with E-state index in [0.717, 1.165) is 35.1 Å². The molecule has 3 aromatic rings. The predicted molar refractivity (Wildman–Crippen MR) is 92.9 cm³/mol. The van der Waals surface area contributed by atoms with E-state index in [1.54, 1.807) is 23.7 Å². The van der Waals surface area contributed by atoms with Crippen molar-refractivity contribution in [3.63, 3.8) is 0 Å².